The van der Waals surface area contributed by atoms with E-state index in [0.717, 1.165) is 4.47 Å². The lowest BCUT2D eigenvalue weighted by molar-refractivity contribution is 0.102. The van der Waals surface area contributed by atoms with Crippen molar-refractivity contribution in [2.24, 2.45) is 0 Å². The Morgan fingerprint density at radius 3 is 2.50 bits per heavy atom. The van der Waals surface area contributed by atoms with E-state index in [2.05, 4.69) is 41.4 Å². The van der Waals surface area contributed by atoms with Gasteiger partial charge in [-0.1, -0.05) is 15.9 Å². The second kappa shape index (κ2) is 6.71. The molecule has 0 saturated carbocycles. The van der Waals surface area contributed by atoms with Crippen LogP contribution in [-0.2, 0) is 0 Å². The average Bonchev–Trinajstić information content (AvgIpc) is 2.98. The molecule has 3 rings (SSSR count). The van der Waals surface area contributed by atoms with Crippen molar-refractivity contribution in [3.8, 4) is 11.3 Å². The summed E-state index contributed by atoms with van der Waals surface area (Å²) in [4.78, 5) is 31.9. The Balaban J connectivity index is 1.89. The molecule has 24 heavy (non-hydrogen) atoms. The van der Waals surface area contributed by atoms with Crippen molar-refractivity contribution in [2.75, 3.05) is 5.32 Å². The number of H-pyrrole nitrogens is 1. The molecule has 0 aliphatic heterocycles. The van der Waals surface area contributed by atoms with Gasteiger partial charge in [-0.2, -0.15) is 5.10 Å². The number of amides is 1. The van der Waals surface area contributed by atoms with Crippen LogP contribution in [0.5, 0.6) is 0 Å². The minimum Gasteiger partial charge on any atom is -0.304 e. The normalized spacial score (nSPS) is 10.4. The number of aromatic nitrogens is 4. The number of carbonyl (C=O) groups is 2. The maximum atomic E-state index is 12.3. The predicted octanol–water partition coefficient (Wildman–Crippen LogP) is 3.00. The third-order valence-electron chi connectivity index (χ3n) is 3.33. The van der Waals surface area contributed by atoms with E-state index in [1.807, 2.05) is 0 Å². The van der Waals surface area contributed by atoms with Gasteiger partial charge in [-0.3, -0.25) is 14.7 Å². The molecule has 0 aliphatic rings. The zero-order chi connectivity index (χ0) is 17.1. The molecule has 1 aromatic carbocycles. The van der Waals surface area contributed by atoms with Crippen LogP contribution in [-0.4, -0.2) is 32.4 Å². The summed E-state index contributed by atoms with van der Waals surface area (Å²) >= 11 is 3.31. The molecule has 2 N–H and O–H groups in total. The van der Waals surface area contributed by atoms with Gasteiger partial charge in [-0.25, -0.2) is 9.97 Å². The molecule has 0 fully saturated rings. The van der Waals surface area contributed by atoms with Crippen LogP contribution in [0.15, 0.2) is 41.1 Å². The van der Waals surface area contributed by atoms with Crippen molar-refractivity contribution in [1.82, 2.24) is 20.2 Å². The number of aryl methyl sites for hydroxylation is 1. The Hall–Kier alpha value is -2.87. The van der Waals surface area contributed by atoms with Crippen LogP contribution >= 0.6 is 15.9 Å². The number of halogens is 1. The highest BCUT2D eigenvalue weighted by Crippen LogP contribution is 2.24. The number of carbonyl (C=O) groups excluding carboxylic acids is 2. The molecule has 0 spiro atoms. The van der Waals surface area contributed by atoms with Crippen molar-refractivity contribution in [1.29, 1.82) is 0 Å². The Kier molecular flexibility index (Phi) is 4.48. The minimum atomic E-state index is -0.358. The lowest BCUT2D eigenvalue weighted by Gasteiger charge is -2.03. The van der Waals surface area contributed by atoms with E-state index in [0.29, 0.717) is 28.9 Å². The van der Waals surface area contributed by atoms with Gasteiger partial charge in [0.15, 0.2) is 12.1 Å². The van der Waals surface area contributed by atoms with E-state index in [9.17, 15) is 9.59 Å². The first-order valence-electron chi connectivity index (χ1n) is 6.98. The van der Waals surface area contributed by atoms with Gasteiger partial charge in [-0.15, -0.1) is 0 Å². The molecular weight excluding hydrogens is 374 g/mol. The molecule has 1 amide bonds. The lowest BCUT2D eigenvalue weighted by atomic mass is 10.1. The van der Waals surface area contributed by atoms with E-state index in [4.69, 9.17) is 0 Å². The second-order valence-electron chi connectivity index (χ2n) is 4.96. The van der Waals surface area contributed by atoms with Crippen molar-refractivity contribution in [2.45, 2.75) is 6.92 Å². The number of anilines is 1. The van der Waals surface area contributed by atoms with E-state index in [1.165, 1.54) is 0 Å². The Labute approximate surface area is 145 Å². The summed E-state index contributed by atoms with van der Waals surface area (Å²) in [5.41, 5.74) is 1.77. The summed E-state index contributed by atoms with van der Waals surface area (Å²) < 4.78 is 0.869. The van der Waals surface area contributed by atoms with Gasteiger partial charge in [0.1, 0.15) is 5.82 Å². The van der Waals surface area contributed by atoms with Crippen LogP contribution in [0.2, 0.25) is 0 Å². The van der Waals surface area contributed by atoms with Crippen molar-refractivity contribution >= 4 is 33.9 Å². The van der Waals surface area contributed by atoms with Crippen LogP contribution in [0.4, 0.5) is 5.82 Å². The van der Waals surface area contributed by atoms with Crippen LogP contribution in [0.25, 0.3) is 11.3 Å². The maximum absolute atomic E-state index is 12.3. The summed E-state index contributed by atoms with van der Waals surface area (Å²) in [5.74, 6) is 0.423. The first-order valence-corrected chi connectivity index (χ1v) is 7.77. The lowest BCUT2D eigenvalue weighted by Crippen LogP contribution is -2.13. The quantitative estimate of drug-likeness (QED) is 0.672. The largest absolute Gasteiger partial charge is 0.304 e. The highest BCUT2D eigenvalue weighted by atomic mass is 79.9. The predicted molar refractivity (Wildman–Crippen MR) is 91.8 cm³/mol. The number of rotatable bonds is 4. The second-order valence-corrected chi connectivity index (χ2v) is 5.87. The van der Waals surface area contributed by atoms with Gasteiger partial charge < -0.3 is 5.32 Å². The van der Waals surface area contributed by atoms with Crippen LogP contribution in [0, 0.1) is 6.92 Å². The van der Waals surface area contributed by atoms with E-state index >= 15 is 0 Å². The van der Waals surface area contributed by atoms with Gasteiger partial charge in [0.05, 0.1) is 11.3 Å². The smallest absolute Gasteiger partial charge is 0.256 e. The number of hydrogen-bond donors (Lipinski definition) is 2. The molecule has 8 heteroatoms. The molecule has 0 radical (unpaired) electrons. The molecule has 3 aromatic rings. The third kappa shape index (κ3) is 3.23. The zero-order valence-corrected chi connectivity index (χ0v) is 14.2. The Morgan fingerprint density at radius 1 is 1.21 bits per heavy atom. The highest BCUT2D eigenvalue weighted by molar-refractivity contribution is 9.10. The number of aromatic amines is 1. The van der Waals surface area contributed by atoms with Gasteiger partial charge in [0.25, 0.3) is 5.91 Å². The molecule has 0 unspecified atom stereocenters. The van der Waals surface area contributed by atoms with Crippen molar-refractivity contribution in [3.05, 3.63) is 58.1 Å². The van der Waals surface area contributed by atoms with Crippen LogP contribution in [0.1, 0.15) is 26.5 Å². The minimum absolute atomic E-state index is 0.161. The fraction of sp³-hybridized carbons (Fsp3) is 0.0625. The third-order valence-corrected chi connectivity index (χ3v) is 3.86. The topological polar surface area (TPSA) is 101 Å². The van der Waals surface area contributed by atoms with Gasteiger partial charge in [0, 0.05) is 28.0 Å². The summed E-state index contributed by atoms with van der Waals surface area (Å²) in [6.45, 7) is 1.77. The molecule has 0 bridgehead atoms. The summed E-state index contributed by atoms with van der Waals surface area (Å²) in [6.07, 6.45) is 3.81. The molecule has 0 saturated heterocycles. The fourth-order valence-electron chi connectivity index (χ4n) is 2.08. The number of hydrogen-bond acceptors (Lipinski definition) is 5. The molecule has 120 valence electrons. The zero-order valence-electron chi connectivity index (χ0n) is 12.6. The van der Waals surface area contributed by atoms with Gasteiger partial charge >= 0.3 is 0 Å². The van der Waals surface area contributed by atoms with E-state index < -0.39 is 0 Å². The van der Waals surface area contributed by atoms with Gasteiger partial charge in [0.2, 0.25) is 0 Å². The van der Waals surface area contributed by atoms with Crippen molar-refractivity contribution < 1.29 is 9.59 Å². The van der Waals surface area contributed by atoms with Crippen LogP contribution < -0.4 is 5.32 Å². The number of aldehydes is 1. The monoisotopic (exact) mass is 385 g/mol. The fourth-order valence-corrected chi connectivity index (χ4v) is 2.35. The Bertz CT molecular complexity index is 888. The SMILES string of the molecule is Cc1ncc(-c2[nH]nc(NC(=O)c3ccc(Br)cc3)c2C=O)cn1. The molecular formula is C16H12BrN5O2. The standard InChI is InChI=1S/C16H12BrN5O2/c1-9-18-6-11(7-19-9)14-13(8-23)15(22-21-14)20-16(24)10-2-4-12(17)5-3-10/h2-8H,1H3,(H2,20,21,22,24). The molecule has 0 atom stereocenters. The van der Waals surface area contributed by atoms with E-state index in [1.54, 1.807) is 43.6 Å². The summed E-state index contributed by atoms with van der Waals surface area (Å²) in [5, 5.41) is 9.39. The number of nitrogens with one attached hydrogen (secondary N) is 2. The van der Waals surface area contributed by atoms with Crippen LogP contribution in [0.3, 0.4) is 0 Å². The van der Waals surface area contributed by atoms with E-state index in [-0.39, 0.29) is 17.3 Å². The molecule has 0 aliphatic carbocycles. The molecule has 7 nitrogen and oxygen atoms in total. The highest BCUT2D eigenvalue weighted by Gasteiger charge is 2.17. The number of nitrogens with zero attached hydrogens (tertiary/aromatic N) is 3. The summed E-state index contributed by atoms with van der Waals surface area (Å²) in [7, 11) is 0. The first kappa shape index (κ1) is 16.0. The molecule has 2 heterocycles. The average molecular weight is 386 g/mol. The molecule has 2 aromatic heterocycles. The maximum Gasteiger partial charge on any atom is 0.256 e. The van der Waals surface area contributed by atoms with Crippen molar-refractivity contribution in [3.63, 3.8) is 0 Å². The van der Waals surface area contributed by atoms with Gasteiger partial charge in [-0.05, 0) is 31.2 Å². The first-order chi connectivity index (χ1) is 11.6. The number of benzene rings is 1. The summed E-state index contributed by atoms with van der Waals surface area (Å²) in [6, 6.07) is 6.85. The Morgan fingerprint density at radius 2 is 1.88 bits per heavy atom.